The molecular formula is C13H14ClFN2O2. The number of rotatable bonds is 5. The maximum atomic E-state index is 14.0. The number of hydrogen-bond acceptors (Lipinski definition) is 4. The van der Waals surface area contributed by atoms with Gasteiger partial charge in [-0.05, 0) is 41.8 Å². The second-order valence-electron chi connectivity index (χ2n) is 4.00. The van der Waals surface area contributed by atoms with Gasteiger partial charge in [0, 0.05) is 0 Å². The van der Waals surface area contributed by atoms with Crippen molar-refractivity contribution in [1.82, 2.24) is 5.43 Å². The minimum atomic E-state index is -0.400. The SMILES string of the molecule is COc1cccc(CC(NN)c2ccc(Cl)o2)c1F. The van der Waals surface area contributed by atoms with E-state index in [1.54, 1.807) is 30.3 Å². The Balaban J connectivity index is 2.23. The molecule has 0 aliphatic heterocycles. The fraction of sp³-hybridized carbons (Fsp3) is 0.231. The summed E-state index contributed by atoms with van der Waals surface area (Å²) in [5.74, 6) is 5.83. The summed E-state index contributed by atoms with van der Waals surface area (Å²) < 4.78 is 24.3. The molecule has 2 rings (SSSR count). The molecule has 0 aliphatic carbocycles. The third-order valence-electron chi connectivity index (χ3n) is 2.83. The van der Waals surface area contributed by atoms with E-state index >= 15 is 0 Å². The molecule has 102 valence electrons. The minimum Gasteiger partial charge on any atom is -0.494 e. The van der Waals surface area contributed by atoms with Gasteiger partial charge in [-0.3, -0.25) is 5.84 Å². The molecule has 1 heterocycles. The van der Waals surface area contributed by atoms with Crippen molar-refractivity contribution < 1.29 is 13.5 Å². The summed E-state index contributed by atoms with van der Waals surface area (Å²) in [5, 5.41) is 0.265. The first-order valence-corrected chi connectivity index (χ1v) is 6.06. The summed E-state index contributed by atoms with van der Waals surface area (Å²) in [4.78, 5) is 0. The van der Waals surface area contributed by atoms with E-state index in [1.165, 1.54) is 7.11 Å². The fourth-order valence-corrected chi connectivity index (χ4v) is 2.00. The molecule has 1 unspecified atom stereocenters. The van der Waals surface area contributed by atoms with E-state index in [-0.39, 0.29) is 17.0 Å². The highest BCUT2D eigenvalue weighted by atomic mass is 35.5. The average molecular weight is 285 g/mol. The Morgan fingerprint density at radius 3 is 2.79 bits per heavy atom. The first-order chi connectivity index (χ1) is 9.15. The summed E-state index contributed by atoms with van der Waals surface area (Å²) in [6.07, 6.45) is 0.323. The minimum absolute atomic E-state index is 0.200. The molecular weight excluding hydrogens is 271 g/mol. The third-order valence-corrected chi connectivity index (χ3v) is 3.03. The van der Waals surface area contributed by atoms with Gasteiger partial charge in [0.05, 0.1) is 13.2 Å². The van der Waals surface area contributed by atoms with Crippen LogP contribution in [0.1, 0.15) is 17.4 Å². The molecule has 4 nitrogen and oxygen atoms in total. The van der Waals surface area contributed by atoms with Crippen LogP contribution in [0.3, 0.4) is 0 Å². The zero-order valence-corrected chi connectivity index (χ0v) is 11.1. The van der Waals surface area contributed by atoms with Crippen LogP contribution in [0.2, 0.25) is 5.22 Å². The molecule has 0 fully saturated rings. The Hall–Kier alpha value is -1.56. The van der Waals surface area contributed by atoms with Gasteiger partial charge < -0.3 is 9.15 Å². The monoisotopic (exact) mass is 284 g/mol. The lowest BCUT2D eigenvalue weighted by molar-refractivity contribution is 0.378. The maximum Gasteiger partial charge on any atom is 0.193 e. The van der Waals surface area contributed by atoms with Crippen LogP contribution in [0.25, 0.3) is 0 Å². The van der Waals surface area contributed by atoms with Crippen molar-refractivity contribution in [2.75, 3.05) is 7.11 Å². The van der Waals surface area contributed by atoms with Gasteiger partial charge in [0.15, 0.2) is 16.8 Å². The molecule has 0 saturated heterocycles. The summed E-state index contributed by atoms with van der Waals surface area (Å²) in [6, 6.07) is 7.91. The van der Waals surface area contributed by atoms with Crippen LogP contribution in [0.15, 0.2) is 34.7 Å². The molecule has 0 bridgehead atoms. The lowest BCUT2D eigenvalue weighted by Gasteiger charge is -2.14. The number of furan rings is 1. The topological polar surface area (TPSA) is 60.4 Å². The molecule has 1 aromatic heterocycles. The third kappa shape index (κ3) is 3.07. The van der Waals surface area contributed by atoms with Crippen LogP contribution in [-0.2, 0) is 6.42 Å². The highest BCUT2D eigenvalue weighted by Crippen LogP contribution is 2.26. The summed E-state index contributed by atoms with van der Waals surface area (Å²) >= 11 is 5.71. The summed E-state index contributed by atoms with van der Waals surface area (Å²) in [5.41, 5.74) is 3.07. The molecule has 0 saturated carbocycles. The normalized spacial score (nSPS) is 12.4. The maximum absolute atomic E-state index is 14.0. The van der Waals surface area contributed by atoms with Crippen molar-refractivity contribution in [3.63, 3.8) is 0 Å². The molecule has 0 radical (unpaired) electrons. The second-order valence-corrected chi connectivity index (χ2v) is 4.37. The van der Waals surface area contributed by atoms with Crippen molar-refractivity contribution in [1.29, 1.82) is 0 Å². The highest BCUT2D eigenvalue weighted by Gasteiger charge is 2.18. The molecule has 1 aromatic carbocycles. The molecule has 3 N–H and O–H groups in total. The Morgan fingerprint density at radius 1 is 1.42 bits per heavy atom. The van der Waals surface area contributed by atoms with E-state index in [0.29, 0.717) is 17.7 Å². The highest BCUT2D eigenvalue weighted by molar-refractivity contribution is 6.28. The largest absolute Gasteiger partial charge is 0.494 e. The number of nitrogens with one attached hydrogen (secondary N) is 1. The van der Waals surface area contributed by atoms with Crippen LogP contribution in [0.4, 0.5) is 4.39 Å². The molecule has 0 amide bonds. The van der Waals surface area contributed by atoms with Crippen LogP contribution < -0.4 is 16.0 Å². The fourth-order valence-electron chi connectivity index (χ4n) is 1.85. The molecule has 0 spiro atoms. The Morgan fingerprint density at radius 2 is 2.21 bits per heavy atom. The van der Waals surface area contributed by atoms with Gasteiger partial charge in [0.1, 0.15) is 5.76 Å². The predicted molar refractivity (Wildman–Crippen MR) is 70.4 cm³/mol. The Bertz CT molecular complexity index is 559. The summed E-state index contributed by atoms with van der Waals surface area (Å²) in [6.45, 7) is 0. The Labute approximate surface area is 115 Å². The lowest BCUT2D eigenvalue weighted by Crippen LogP contribution is -2.29. The molecule has 19 heavy (non-hydrogen) atoms. The number of hydrazine groups is 1. The van der Waals surface area contributed by atoms with Crippen LogP contribution >= 0.6 is 11.6 Å². The quantitative estimate of drug-likeness (QED) is 0.655. The van der Waals surface area contributed by atoms with Gasteiger partial charge >= 0.3 is 0 Å². The number of hydrogen-bond donors (Lipinski definition) is 2. The van der Waals surface area contributed by atoms with E-state index in [9.17, 15) is 4.39 Å². The number of ether oxygens (including phenoxy) is 1. The Kier molecular flexibility index (Phi) is 4.42. The standard InChI is InChI=1S/C13H14ClFN2O2/c1-18-11-4-2-3-8(13(11)15)7-9(17-16)10-5-6-12(14)19-10/h2-6,9,17H,7,16H2,1H3. The van der Waals surface area contributed by atoms with Crippen molar-refractivity contribution >= 4 is 11.6 Å². The molecule has 0 aliphatic rings. The van der Waals surface area contributed by atoms with Crippen molar-refractivity contribution in [2.24, 2.45) is 5.84 Å². The van der Waals surface area contributed by atoms with Crippen LogP contribution in [0, 0.1) is 5.82 Å². The zero-order valence-electron chi connectivity index (χ0n) is 10.3. The van der Waals surface area contributed by atoms with Crippen molar-refractivity contribution in [3.05, 3.63) is 52.7 Å². The molecule has 6 heteroatoms. The van der Waals surface area contributed by atoms with Crippen molar-refractivity contribution in [2.45, 2.75) is 12.5 Å². The van der Waals surface area contributed by atoms with Crippen molar-refractivity contribution in [3.8, 4) is 5.75 Å². The van der Waals surface area contributed by atoms with E-state index in [0.717, 1.165) is 0 Å². The zero-order chi connectivity index (χ0) is 13.8. The van der Waals surface area contributed by atoms with E-state index in [4.69, 9.17) is 26.6 Å². The number of benzene rings is 1. The molecule has 1 atom stereocenters. The average Bonchev–Trinajstić information content (AvgIpc) is 2.84. The number of nitrogens with two attached hydrogens (primary N) is 1. The number of methoxy groups -OCH3 is 1. The first-order valence-electron chi connectivity index (χ1n) is 5.68. The van der Waals surface area contributed by atoms with Crippen LogP contribution in [-0.4, -0.2) is 7.11 Å². The van der Waals surface area contributed by atoms with Gasteiger partial charge in [0.2, 0.25) is 0 Å². The van der Waals surface area contributed by atoms with E-state index in [1.807, 2.05) is 0 Å². The van der Waals surface area contributed by atoms with Gasteiger partial charge in [0.25, 0.3) is 0 Å². The van der Waals surface area contributed by atoms with Crippen LogP contribution in [0.5, 0.6) is 5.75 Å². The number of halogens is 2. The van der Waals surface area contributed by atoms with Gasteiger partial charge in [-0.1, -0.05) is 12.1 Å². The van der Waals surface area contributed by atoms with Gasteiger partial charge in [-0.15, -0.1) is 0 Å². The predicted octanol–water partition coefficient (Wildman–Crippen LogP) is 2.83. The van der Waals surface area contributed by atoms with E-state index in [2.05, 4.69) is 5.43 Å². The smallest absolute Gasteiger partial charge is 0.193 e. The van der Waals surface area contributed by atoms with E-state index < -0.39 is 5.82 Å². The molecule has 2 aromatic rings. The first kappa shape index (κ1) is 13.9. The second kappa shape index (κ2) is 6.06. The van der Waals surface area contributed by atoms with Gasteiger partial charge in [-0.25, -0.2) is 9.82 Å². The lowest BCUT2D eigenvalue weighted by atomic mass is 10.0. The summed E-state index contributed by atoms with van der Waals surface area (Å²) in [7, 11) is 1.42. The van der Waals surface area contributed by atoms with Gasteiger partial charge in [-0.2, -0.15) is 0 Å².